The number of halogens is 1. The van der Waals surface area contributed by atoms with Crippen molar-refractivity contribution in [3.8, 4) is 11.5 Å². The van der Waals surface area contributed by atoms with Gasteiger partial charge in [-0.2, -0.15) is 0 Å². The lowest BCUT2D eigenvalue weighted by Crippen LogP contribution is -2.22. The quantitative estimate of drug-likeness (QED) is 0.666. The average Bonchev–Trinajstić information content (AvgIpc) is 2.49. The summed E-state index contributed by atoms with van der Waals surface area (Å²) in [6.07, 6.45) is 3.06. The van der Waals surface area contributed by atoms with Crippen molar-refractivity contribution < 1.29 is 14.2 Å². The lowest BCUT2D eigenvalue weighted by Gasteiger charge is -2.21. The summed E-state index contributed by atoms with van der Waals surface area (Å²) in [6.45, 7) is 3.87. The first-order chi connectivity index (χ1) is 10.2. The zero-order chi connectivity index (χ0) is 15.7. The van der Waals surface area contributed by atoms with Crippen molar-refractivity contribution in [3.63, 3.8) is 0 Å². The first-order valence-corrected chi connectivity index (χ1v) is 7.69. The predicted molar refractivity (Wildman–Crippen MR) is 86.7 cm³/mol. The summed E-state index contributed by atoms with van der Waals surface area (Å²) < 4.78 is 15.8. The summed E-state index contributed by atoms with van der Waals surface area (Å²) >= 11 is 6.30. The smallest absolute Gasteiger partial charge is 0.179 e. The van der Waals surface area contributed by atoms with Crippen molar-refractivity contribution >= 4 is 11.6 Å². The van der Waals surface area contributed by atoms with Crippen molar-refractivity contribution in [2.45, 2.75) is 32.2 Å². The van der Waals surface area contributed by atoms with Gasteiger partial charge in [-0.25, -0.2) is 0 Å². The molecule has 1 N–H and O–H groups in total. The fourth-order valence-electron chi connectivity index (χ4n) is 2.28. The van der Waals surface area contributed by atoms with E-state index in [-0.39, 0.29) is 6.04 Å². The maximum absolute atomic E-state index is 6.30. The molecule has 4 nitrogen and oxygen atoms in total. The van der Waals surface area contributed by atoms with Crippen LogP contribution in [0.15, 0.2) is 12.1 Å². The second-order valence-corrected chi connectivity index (χ2v) is 5.29. The average molecular weight is 316 g/mol. The van der Waals surface area contributed by atoms with Gasteiger partial charge >= 0.3 is 0 Å². The minimum absolute atomic E-state index is 0.234. The number of nitrogens with one attached hydrogen (secondary N) is 1. The van der Waals surface area contributed by atoms with E-state index in [0.29, 0.717) is 16.5 Å². The lowest BCUT2D eigenvalue weighted by molar-refractivity contribution is 0.188. The van der Waals surface area contributed by atoms with E-state index < -0.39 is 0 Å². The predicted octanol–water partition coefficient (Wildman–Crippen LogP) is 3.82. The summed E-state index contributed by atoms with van der Waals surface area (Å²) in [7, 11) is 4.94. The first kappa shape index (κ1) is 18.1. The molecule has 0 radical (unpaired) electrons. The first-order valence-electron chi connectivity index (χ1n) is 7.31. The van der Waals surface area contributed by atoms with Crippen LogP contribution >= 0.6 is 11.6 Å². The van der Waals surface area contributed by atoms with Crippen LogP contribution in [0.3, 0.4) is 0 Å². The van der Waals surface area contributed by atoms with E-state index in [0.717, 1.165) is 38.0 Å². The molecule has 1 atom stereocenters. The third-order valence-corrected chi connectivity index (χ3v) is 3.62. The van der Waals surface area contributed by atoms with Gasteiger partial charge < -0.3 is 19.5 Å². The highest BCUT2D eigenvalue weighted by Crippen LogP contribution is 2.38. The van der Waals surface area contributed by atoms with Gasteiger partial charge in [0.05, 0.1) is 19.2 Å². The van der Waals surface area contributed by atoms with Crippen molar-refractivity contribution in [2.24, 2.45) is 0 Å². The van der Waals surface area contributed by atoms with E-state index in [1.54, 1.807) is 21.3 Å². The molecule has 0 aliphatic rings. The van der Waals surface area contributed by atoms with Gasteiger partial charge in [0.2, 0.25) is 0 Å². The lowest BCUT2D eigenvalue weighted by atomic mass is 10.0. The third kappa shape index (κ3) is 5.38. The second kappa shape index (κ2) is 9.87. The molecule has 0 fully saturated rings. The Hall–Kier alpha value is -0.970. The number of ether oxygens (including phenoxy) is 3. The number of methoxy groups -OCH3 is 3. The molecule has 0 bridgehead atoms. The van der Waals surface area contributed by atoms with E-state index in [1.165, 1.54) is 0 Å². The normalized spacial score (nSPS) is 12.2. The Labute approximate surface area is 132 Å². The maximum atomic E-state index is 6.30. The van der Waals surface area contributed by atoms with Gasteiger partial charge in [0.25, 0.3) is 0 Å². The van der Waals surface area contributed by atoms with Gasteiger partial charge in [-0.3, -0.25) is 0 Å². The van der Waals surface area contributed by atoms with Gasteiger partial charge in [0, 0.05) is 19.8 Å². The topological polar surface area (TPSA) is 39.7 Å². The molecule has 1 aromatic carbocycles. The number of rotatable bonds is 10. The summed E-state index contributed by atoms with van der Waals surface area (Å²) in [5.41, 5.74) is 1.11. The van der Waals surface area contributed by atoms with Crippen LogP contribution in [0.1, 0.15) is 37.8 Å². The molecule has 1 unspecified atom stereocenters. The zero-order valence-corrected chi connectivity index (χ0v) is 14.1. The molecule has 0 aromatic heterocycles. The van der Waals surface area contributed by atoms with E-state index in [9.17, 15) is 0 Å². The van der Waals surface area contributed by atoms with Crippen LogP contribution in [0, 0.1) is 0 Å². The highest BCUT2D eigenvalue weighted by Gasteiger charge is 2.17. The molecule has 1 rings (SSSR count). The van der Waals surface area contributed by atoms with Crippen LogP contribution in [-0.4, -0.2) is 34.5 Å². The van der Waals surface area contributed by atoms with Gasteiger partial charge in [0.1, 0.15) is 0 Å². The zero-order valence-electron chi connectivity index (χ0n) is 13.4. The molecular formula is C16H26ClNO3. The molecule has 0 amide bonds. The van der Waals surface area contributed by atoms with Gasteiger partial charge in [0.15, 0.2) is 11.5 Å². The molecule has 0 spiro atoms. The van der Waals surface area contributed by atoms with Crippen LogP contribution < -0.4 is 14.8 Å². The number of hydrogen-bond donors (Lipinski definition) is 1. The molecular weight excluding hydrogens is 290 g/mol. The molecule has 0 heterocycles. The Morgan fingerprint density at radius 1 is 1.19 bits per heavy atom. The van der Waals surface area contributed by atoms with Crippen molar-refractivity contribution in [1.29, 1.82) is 0 Å². The van der Waals surface area contributed by atoms with E-state index in [4.69, 9.17) is 25.8 Å². The third-order valence-electron chi connectivity index (χ3n) is 3.34. The minimum Gasteiger partial charge on any atom is -0.493 e. The largest absolute Gasteiger partial charge is 0.493 e. The summed E-state index contributed by atoms with van der Waals surface area (Å²) in [5.74, 6) is 1.24. The Kier molecular flexibility index (Phi) is 8.50. The van der Waals surface area contributed by atoms with Crippen molar-refractivity contribution in [2.75, 3.05) is 34.5 Å². The van der Waals surface area contributed by atoms with E-state index in [1.807, 2.05) is 12.1 Å². The SMILES string of the molecule is CCCNC(CCCOC)c1cc(Cl)c(OC)c(OC)c1. The minimum atomic E-state index is 0.234. The monoisotopic (exact) mass is 315 g/mol. The molecule has 0 aliphatic heterocycles. The highest BCUT2D eigenvalue weighted by molar-refractivity contribution is 6.32. The molecule has 1 aromatic rings. The van der Waals surface area contributed by atoms with Gasteiger partial charge in [-0.05, 0) is 43.5 Å². The molecule has 21 heavy (non-hydrogen) atoms. The van der Waals surface area contributed by atoms with Crippen LogP contribution in [0.4, 0.5) is 0 Å². The van der Waals surface area contributed by atoms with Crippen LogP contribution in [0.2, 0.25) is 5.02 Å². The van der Waals surface area contributed by atoms with Crippen molar-refractivity contribution in [1.82, 2.24) is 5.32 Å². The summed E-state index contributed by atoms with van der Waals surface area (Å²) in [6, 6.07) is 4.17. The van der Waals surface area contributed by atoms with Gasteiger partial charge in [-0.15, -0.1) is 0 Å². The van der Waals surface area contributed by atoms with Crippen molar-refractivity contribution in [3.05, 3.63) is 22.7 Å². The molecule has 0 saturated heterocycles. The Balaban J connectivity index is 2.96. The van der Waals surface area contributed by atoms with E-state index >= 15 is 0 Å². The van der Waals surface area contributed by atoms with Gasteiger partial charge in [-0.1, -0.05) is 18.5 Å². The molecule has 0 saturated carbocycles. The molecule has 0 aliphatic carbocycles. The van der Waals surface area contributed by atoms with Crippen LogP contribution in [0.25, 0.3) is 0 Å². The van der Waals surface area contributed by atoms with Crippen LogP contribution in [-0.2, 0) is 4.74 Å². The Morgan fingerprint density at radius 2 is 1.95 bits per heavy atom. The Bertz CT molecular complexity index is 426. The van der Waals surface area contributed by atoms with E-state index in [2.05, 4.69) is 12.2 Å². The Morgan fingerprint density at radius 3 is 2.52 bits per heavy atom. The maximum Gasteiger partial charge on any atom is 0.179 e. The number of benzene rings is 1. The highest BCUT2D eigenvalue weighted by atomic mass is 35.5. The number of hydrogen-bond acceptors (Lipinski definition) is 4. The molecule has 5 heteroatoms. The molecule has 120 valence electrons. The summed E-state index contributed by atoms with van der Waals surface area (Å²) in [5, 5.41) is 4.12. The standard InChI is InChI=1S/C16H26ClNO3/c1-5-8-18-14(7-6-9-19-2)12-10-13(17)16(21-4)15(11-12)20-3/h10-11,14,18H,5-9H2,1-4H3. The second-order valence-electron chi connectivity index (χ2n) is 4.88. The fraction of sp³-hybridized carbons (Fsp3) is 0.625. The van der Waals surface area contributed by atoms with Crippen LogP contribution in [0.5, 0.6) is 11.5 Å². The fourth-order valence-corrected chi connectivity index (χ4v) is 2.57. The summed E-state index contributed by atoms with van der Waals surface area (Å²) in [4.78, 5) is 0.